The van der Waals surface area contributed by atoms with Crippen LogP contribution in [0.1, 0.15) is 21.6 Å². The van der Waals surface area contributed by atoms with Crippen molar-refractivity contribution in [2.24, 2.45) is 10.7 Å². The number of carbonyl (C=O) groups is 1. The molecule has 25 heavy (non-hydrogen) atoms. The van der Waals surface area contributed by atoms with E-state index in [0.717, 1.165) is 11.3 Å². The molecule has 3 rings (SSSR count). The van der Waals surface area contributed by atoms with Crippen LogP contribution in [0, 0.1) is 0 Å². The van der Waals surface area contributed by atoms with Crippen molar-refractivity contribution in [3.63, 3.8) is 0 Å². The van der Waals surface area contributed by atoms with Crippen molar-refractivity contribution in [2.45, 2.75) is 13.0 Å². The lowest BCUT2D eigenvalue weighted by atomic mass is 10.0. The molecule has 0 bridgehead atoms. The van der Waals surface area contributed by atoms with Crippen LogP contribution in [0.4, 0.5) is 5.82 Å². The first-order valence-electron chi connectivity index (χ1n) is 7.58. The van der Waals surface area contributed by atoms with E-state index in [-0.39, 0.29) is 10.9 Å². The molecule has 128 valence electrons. The molecular formula is C17H15Cl2N5O. The van der Waals surface area contributed by atoms with Crippen LogP contribution in [0.25, 0.3) is 0 Å². The van der Waals surface area contributed by atoms with Gasteiger partial charge >= 0.3 is 0 Å². The van der Waals surface area contributed by atoms with Gasteiger partial charge in [-0.1, -0.05) is 29.3 Å². The molecule has 0 aliphatic carbocycles. The molecule has 0 saturated carbocycles. The highest BCUT2D eigenvalue weighted by Crippen LogP contribution is 2.29. The first kappa shape index (κ1) is 17.4. The molecule has 2 aromatic rings. The number of carbonyl (C=O) groups excluding carboxylic acids is 1. The van der Waals surface area contributed by atoms with Gasteiger partial charge in [-0.3, -0.25) is 4.79 Å². The van der Waals surface area contributed by atoms with Crippen LogP contribution < -0.4 is 5.73 Å². The van der Waals surface area contributed by atoms with Gasteiger partial charge in [-0.25, -0.2) is 15.0 Å². The number of aliphatic imine (C=N–C) groups is 1. The van der Waals surface area contributed by atoms with Crippen molar-refractivity contribution >= 4 is 41.1 Å². The summed E-state index contributed by atoms with van der Waals surface area (Å²) in [6.07, 6.45) is 6.64. The lowest BCUT2D eigenvalue weighted by molar-refractivity contribution is 0.0732. The van der Waals surface area contributed by atoms with E-state index in [2.05, 4.69) is 15.0 Å². The molecule has 0 atom stereocenters. The van der Waals surface area contributed by atoms with Gasteiger partial charge in [0.15, 0.2) is 5.82 Å². The lowest BCUT2D eigenvalue weighted by Crippen LogP contribution is -2.36. The second-order valence-corrected chi connectivity index (χ2v) is 6.15. The van der Waals surface area contributed by atoms with E-state index in [4.69, 9.17) is 28.9 Å². The Hall–Kier alpha value is -2.44. The molecule has 8 heteroatoms. The van der Waals surface area contributed by atoms with Crippen LogP contribution in [0.5, 0.6) is 0 Å². The zero-order valence-corrected chi connectivity index (χ0v) is 14.7. The summed E-state index contributed by atoms with van der Waals surface area (Å²) in [5.41, 5.74) is 7.39. The van der Waals surface area contributed by atoms with Gasteiger partial charge < -0.3 is 10.6 Å². The quantitative estimate of drug-likeness (QED) is 0.834. The molecule has 0 saturated heterocycles. The molecule has 1 aromatic heterocycles. The van der Waals surface area contributed by atoms with Gasteiger partial charge in [-0.2, -0.15) is 0 Å². The standard InChI is InChI=1S/C17H15Cl2N5O/c18-13-4-1-3-12(15(13)19)17(25)24-8-5-11-14(9-24)22-10-23-16(11)21-7-2-6-20/h1-4,6-7,10H,5,8-9,20H2. The fourth-order valence-corrected chi connectivity index (χ4v) is 3.01. The number of hydrogen-bond donors (Lipinski definition) is 1. The molecule has 6 nitrogen and oxygen atoms in total. The van der Waals surface area contributed by atoms with Crippen LogP contribution in [0.15, 0.2) is 41.8 Å². The number of benzene rings is 1. The predicted octanol–water partition coefficient (Wildman–Crippen LogP) is 3.16. The third-order valence-electron chi connectivity index (χ3n) is 3.85. The third-order valence-corrected chi connectivity index (χ3v) is 4.67. The topological polar surface area (TPSA) is 84.5 Å². The normalized spacial score (nSPS) is 14.2. The number of nitrogens with zero attached hydrogens (tertiary/aromatic N) is 4. The summed E-state index contributed by atoms with van der Waals surface area (Å²) in [6.45, 7) is 0.895. The van der Waals surface area contributed by atoms with Gasteiger partial charge in [-0.05, 0) is 30.8 Å². The number of amides is 1. The van der Waals surface area contributed by atoms with Crippen LogP contribution in [-0.4, -0.2) is 33.5 Å². The Morgan fingerprint density at radius 3 is 2.96 bits per heavy atom. The number of hydrogen-bond acceptors (Lipinski definition) is 5. The minimum absolute atomic E-state index is 0.173. The van der Waals surface area contributed by atoms with Gasteiger partial charge in [0.05, 0.1) is 27.8 Å². The molecule has 2 N–H and O–H groups in total. The fourth-order valence-electron chi connectivity index (χ4n) is 2.62. The highest BCUT2D eigenvalue weighted by atomic mass is 35.5. The molecule has 1 aliphatic heterocycles. The van der Waals surface area contributed by atoms with Crippen LogP contribution in [0.2, 0.25) is 10.0 Å². The molecule has 0 spiro atoms. The Labute approximate surface area is 155 Å². The summed E-state index contributed by atoms with van der Waals surface area (Å²) in [5.74, 6) is 0.420. The van der Waals surface area contributed by atoms with E-state index < -0.39 is 0 Å². The molecular weight excluding hydrogens is 361 g/mol. The van der Waals surface area contributed by atoms with Crippen molar-refractivity contribution in [2.75, 3.05) is 6.54 Å². The van der Waals surface area contributed by atoms with Crippen LogP contribution in [-0.2, 0) is 13.0 Å². The number of rotatable bonds is 3. The number of allylic oxidation sites excluding steroid dienone is 1. The summed E-state index contributed by atoms with van der Waals surface area (Å²) in [6, 6.07) is 5.03. The maximum atomic E-state index is 12.8. The number of halogens is 2. The predicted molar refractivity (Wildman–Crippen MR) is 98.4 cm³/mol. The van der Waals surface area contributed by atoms with Crippen molar-refractivity contribution in [1.82, 2.24) is 14.9 Å². The number of aromatic nitrogens is 2. The summed E-state index contributed by atoms with van der Waals surface area (Å²) >= 11 is 12.2. The minimum Gasteiger partial charge on any atom is -0.405 e. The highest BCUT2D eigenvalue weighted by Gasteiger charge is 2.26. The smallest absolute Gasteiger partial charge is 0.255 e. The van der Waals surface area contributed by atoms with Gasteiger partial charge in [0.25, 0.3) is 5.91 Å². The first-order chi connectivity index (χ1) is 12.1. The van der Waals surface area contributed by atoms with Gasteiger partial charge in [0, 0.05) is 18.3 Å². The molecule has 1 aromatic carbocycles. The van der Waals surface area contributed by atoms with E-state index in [1.54, 1.807) is 35.4 Å². The monoisotopic (exact) mass is 375 g/mol. The second-order valence-electron chi connectivity index (χ2n) is 5.36. The maximum Gasteiger partial charge on any atom is 0.255 e. The maximum absolute atomic E-state index is 12.8. The number of fused-ring (bicyclic) bond motifs is 1. The van der Waals surface area contributed by atoms with Crippen LogP contribution in [0.3, 0.4) is 0 Å². The van der Waals surface area contributed by atoms with E-state index >= 15 is 0 Å². The SMILES string of the molecule is NC=CC=Nc1ncnc2c1CCN(C(=O)c1cccc(Cl)c1Cl)C2. The first-order valence-corrected chi connectivity index (χ1v) is 8.34. The molecule has 2 heterocycles. The summed E-state index contributed by atoms with van der Waals surface area (Å²) < 4.78 is 0. The van der Waals surface area contributed by atoms with E-state index in [9.17, 15) is 4.79 Å². The largest absolute Gasteiger partial charge is 0.405 e. The highest BCUT2D eigenvalue weighted by molar-refractivity contribution is 6.43. The van der Waals surface area contributed by atoms with Gasteiger partial charge in [0.1, 0.15) is 6.33 Å². The van der Waals surface area contributed by atoms with E-state index in [0.29, 0.717) is 35.9 Å². The number of nitrogens with two attached hydrogens (primary N) is 1. The molecule has 0 radical (unpaired) electrons. The Bertz CT molecular complexity index is 866. The Morgan fingerprint density at radius 1 is 1.32 bits per heavy atom. The molecule has 1 aliphatic rings. The second kappa shape index (κ2) is 7.63. The van der Waals surface area contributed by atoms with Crippen molar-refractivity contribution in [3.8, 4) is 0 Å². The summed E-state index contributed by atoms with van der Waals surface area (Å²) in [4.78, 5) is 27.2. The summed E-state index contributed by atoms with van der Waals surface area (Å²) in [5, 5.41) is 0.623. The fraction of sp³-hybridized carbons (Fsp3) is 0.176. The molecule has 0 fully saturated rings. The molecule has 1 amide bonds. The zero-order valence-electron chi connectivity index (χ0n) is 13.2. The lowest BCUT2D eigenvalue weighted by Gasteiger charge is -2.28. The Balaban J connectivity index is 1.85. The van der Waals surface area contributed by atoms with E-state index in [1.807, 2.05) is 0 Å². The van der Waals surface area contributed by atoms with Crippen molar-refractivity contribution in [3.05, 3.63) is 63.7 Å². The van der Waals surface area contributed by atoms with Gasteiger partial charge in [-0.15, -0.1) is 0 Å². The average Bonchev–Trinajstić information content (AvgIpc) is 2.63. The summed E-state index contributed by atoms with van der Waals surface area (Å²) in [7, 11) is 0. The van der Waals surface area contributed by atoms with Gasteiger partial charge in [0.2, 0.25) is 0 Å². The Morgan fingerprint density at radius 2 is 2.16 bits per heavy atom. The average molecular weight is 376 g/mol. The zero-order chi connectivity index (χ0) is 17.8. The Kier molecular flexibility index (Phi) is 5.31. The molecule has 0 unspecified atom stereocenters. The minimum atomic E-state index is -0.173. The van der Waals surface area contributed by atoms with Crippen LogP contribution >= 0.6 is 23.2 Å². The van der Waals surface area contributed by atoms with E-state index in [1.165, 1.54) is 12.5 Å². The van der Waals surface area contributed by atoms with Crippen molar-refractivity contribution in [1.29, 1.82) is 0 Å². The van der Waals surface area contributed by atoms with Crippen molar-refractivity contribution < 1.29 is 4.79 Å². The third kappa shape index (κ3) is 3.65.